The third-order valence-electron chi connectivity index (χ3n) is 2.18. The number of hydrogen-bond acceptors (Lipinski definition) is 3. The summed E-state index contributed by atoms with van der Waals surface area (Å²) >= 11 is 0. The van der Waals surface area contributed by atoms with Crippen LogP contribution in [-0.2, 0) is 19.1 Å². The first-order chi connectivity index (χ1) is 7.50. The van der Waals surface area contributed by atoms with Gasteiger partial charge in [0.1, 0.15) is 0 Å². The molecule has 92 valence electrons. The summed E-state index contributed by atoms with van der Waals surface area (Å²) in [4.78, 5) is 0. The van der Waals surface area contributed by atoms with Crippen molar-refractivity contribution >= 4 is 0 Å². The van der Waals surface area contributed by atoms with E-state index in [9.17, 15) is 13.2 Å². The summed E-state index contributed by atoms with van der Waals surface area (Å²) in [6.07, 6.45) is -2.86. The summed E-state index contributed by atoms with van der Waals surface area (Å²) in [7, 11) is 0. The Morgan fingerprint density at radius 1 is 1.38 bits per heavy atom. The van der Waals surface area contributed by atoms with Crippen LogP contribution in [0.4, 0.5) is 13.2 Å². The molecule has 0 radical (unpaired) electrons. The standard InChI is InChI=1S/C9H15F3N4/c1-2-3-6-16-8(9(10,11)12)7(4-5-13)14-15-16/h2-6,13H2,1H3. The maximum atomic E-state index is 12.8. The van der Waals surface area contributed by atoms with E-state index in [1.54, 1.807) is 0 Å². The van der Waals surface area contributed by atoms with Gasteiger partial charge < -0.3 is 5.73 Å². The highest BCUT2D eigenvalue weighted by molar-refractivity contribution is 5.14. The predicted molar refractivity (Wildman–Crippen MR) is 52.7 cm³/mol. The van der Waals surface area contributed by atoms with Crippen molar-refractivity contribution in [1.82, 2.24) is 15.0 Å². The number of aromatic nitrogens is 3. The molecule has 2 N–H and O–H groups in total. The van der Waals surface area contributed by atoms with Crippen LogP contribution < -0.4 is 5.73 Å². The van der Waals surface area contributed by atoms with Crippen molar-refractivity contribution in [2.75, 3.05) is 6.54 Å². The van der Waals surface area contributed by atoms with Crippen LogP contribution in [0.1, 0.15) is 31.2 Å². The average molecular weight is 236 g/mol. The molecule has 0 bridgehead atoms. The molecule has 7 heteroatoms. The molecule has 0 unspecified atom stereocenters. The van der Waals surface area contributed by atoms with Gasteiger partial charge in [-0.1, -0.05) is 18.6 Å². The number of hydrogen-bond donors (Lipinski definition) is 1. The van der Waals surface area contributed by atoms with Crippen molar-refractivity contribution in [3.05, 3.63) is 11.4 Å². The number of aryl methyl sites for hydroxylation is 1. The Bertz CT molecular complexity index is 332. The summed E-state index contributed by atoms with van der Waals surface area (Å²) in [6.45, 7) is 2.28. The molecule has 16 heavy (non-hydrogen) atoms. The quantitative estimate of drug-likeness (QED) is 0.844. The number of unbranched alkanes of at least 4 members (excludes halogenated alkanes) is 1. The molecule has 0 amide bonds. The fraction of sp³-hybridized carbons (Fsp3) is 0.778. The molecule has 0 aromatic carbocycles. The van der Waals surface area contributed by atoms with Crippen molar-refractivity contribution in [1.29, 1.82) is 0 Å². The number of alkyl halides is 3. The van der Waals surface area contributed by atoms with Crippen molar-refractivity contribution < 1.29 is 13.2 Å². The van der Waals surface area contributed by atoms with Gasteiger partial charge in [0.25, 0.3) is 0 Å². The normalized spacial score (nSPS) is 12.1. The lowest BCUT2D eigenvalue weighted by molar-refractivity contribution is -0.144. The second kappa shape index (κ2) is 5.29. The van der Waals surface area contributed by atoms with Crippen LogP contribution in [-0.4, -0.2) is 21.5 Å². The number of halogens is 3. The molecule has 1 aromatic rings. The van der Waals surface area contributed by atoms with Crippen molar-refractivity contribution in [3.8, 4) is 0 Å². The zero-order chi connectivity index (χ0) is 12.2. The fourth-order valence-electron chi connectivity index (χ4n) is 1.43. The van der Waals surface area contributed by atoms with Crippen LogP contribution in [0, 0.1) is 0 Å². The summed E-state index contributed by atoms with van der Waals surface area (Å²) in [5.74, 6) is 0. The summed E-state index contributed by atoms with van der Waals surface area (Å²) in [5, 5.41) is 7.07. The molecular weight excluding hydrogens is 221 g/mol. The Balaban J connectivity index is 2.99. The number of nitrogens with zero attached hydrogens (tertiary/aromatic N) is 3. The zero-order valence-corrected chi connectivity index (χ0v) is 9.09. The van der Waals surface area contributed by atoms with Crippen molar-refractivity contribution in [3.63, 3.8) is 0 Å². The highest BCUT2D eigenvalue weighted by Crippen LogP contribution is 2.31. The SMILES string of the molecule is CCCCn1nnc(CCN)c1C(F)(F)F. The Kier molecular flexibility index (Phi) is 4.28. The minimum absolute atomic E-state index is 0.0638. The van der Waals surface area contributed by atoms with E-state index in [1.165, 1.54) is 0 Å². The summed E-state index contributed by atoms with van der Waals surface area (Å²) < 4.78 is 39.2. The molecule has 0 aliphatic carbocycles. The van der Waals surface area contributed by atoms with E-state index in [0.717, 1.165) is 11.1 Å². The van der Waals surface area contributed by atoms with Gasteiger partial charge >= 0.3 is 6.18 Å². The van der Waals surface area contributed by atoms with E-state index < -0.39 is 11.9 Å². The fourth-order valence-corrected chi connectivity index (χ4v) is 1.43. The lowest BCUT2D eigenvalue weighted by Gasteiger charge is -2.10. The topological polar surface area (TPSA) is 56.7 Å². The van der Waals surface area contributed by atoms with Crippen LogP contribution >= 0.6 is 0 Å². The van der Waals surface area contributed by atoms with E-state index in [1.807, 2.05) is 6.92 Å². The van der Waals surface area contributed by atoms with E-state index in [0.29, 0.717) is 6.42 Å². The van der Waals surface area contributed by atoms with Crippen LogP contribution in [0.25, 0.3) is 0 Å². The molecule has 0 atom stereocenters. The molecular formula is C9H15F3N4. The first kappa shape index (κ1) is 13.0. The largest absolute Gasteiger partial charge is 0.434 e. The van der Waals surface area contributed by atoms with Gasteiger partial charge in [0, 0.05) is 13.0 Å². The van der Waals surface area contributed by atoms with E-state index in [-0.39, 0.29) is 25.2 Å². The molecule has 1 aromatic heterocycles. The monoisotopic (exact) mass is 236 g/mol. The molecule has 4 nitrogen and oxygen atoms in total. The second-order valence-corrected chi connectivity index (χ2v) is 3.50. The molecule has 1 heterocycles. The van der Waals surface area contributed by atoms with Crippen molar-refractivity contribution in [2.24, 2.45) is 5.73 Å². The number of rotatable bonds is 5. The van der Waals surface area contributed by atoms with Gasteiger partial charge in [0.05, 0.1) is 5.69 Å². The molecule has 0 aliphatic heterocycles. The Hall–Kier alpha value is -1.11. The van der Waals surface area contributed by atoms with E-state index in [4.69, 9.17) is 5.73 Å². The van der Waals surface area contributed by atoms with Gasteiger partial charge in [0.15, 0.2) is 5.69 Å². The van der Waals surface area contributed by atoms with Gasteiger partial charge in [-0.25, -0.2) is 4.68 Å². The van der Waals surface area contributed by atoms with Crippen molar-refractivity contribution in [2.45, 2.75) is 38.9 Å². The van der Waals surface area contributed by atoms with Crippen LogP contribution in [0.2, 0.25) is 0 Å². The van der Waals surface area contributed by atoms with Crippen LogP contribution in [0.5, 0.6) is 0 Å². The first-order valence-electron chi connectivity index (χ1n) is 5.20. The Labute approximate surface area is 91.6 Å². The third kappa shape index (κ3) is 2.94. The second-order valence-electron chi connectivity index (χ2n) is 3.50. The van der Waals surface area contributed by atoms with Gasteiger partial charge in [0.2, 0.25) is 0 Å². The smallest absolute Gasteiger partial charge is 0.330 e. The van der Waals surface area contributed by atoms with Gasteiger partial charge in [-0.05, 0) is 13.0 Å². The van der Waals surface area contributed by atoms with E-state index >= 15 is 0 Å². The number of nitrogens with two attached hydrogens (primary N) is 1. The van der Waals surface area contributed by atoms with Gasteiger partial charge in [-0.3, -0.25) is 0 Å². The predicted octanol–water partition coefficient (Wildman–Crippen LogP) is 1.60. The minimum Gasteiger partial charge on any atom is -0.330 e. The lowest BCUT2D eigenvalue weighted by Crippen LogP contribution is -2.18. The molecule has 0 spiro atoms. The van der Waals surface area contributed by atoms with E-state index in [2.05, 4.69) is 10.3 Å². The third-order valence-corrected chi connectivity index (χ3v) is 2.18. The minimum atomic E-state index is -4.41. The maximum Gasteiger partial charge on any atom is 0.434 e. The summed E-state index contributed by atoms with van der Waals surface area (Å²) in [6, 6.07) is 0. The van der Waals surface area contributed by atoms with Gasteiger partial charge in [-0.15, -0.1) is 5.10 Å². The maximum absolute atomic E-state index is 12.8. The zero-order valence-electron chi connectivity index (χ0n) is 9.09. The molecule has 0 aliphatic rings. The van der Waals surface area contributed by atoms with Gasteiger partial charge in [-0.2, -0.15) is 13.2 Å². The first-order valence-corrected chi connectivity index (χ1v) is 5.20. The van der Waals surface area contributed by atoms with Crippen LogP contribution in [0.15, 0.2) is 0 Å². The lowest BCUT2D eigenvalue weighted by atomic mass is 10.2. The highest BCUT2D eigenvalue weighted by atomic mass is 19.4. The summed E-state index contributed by atoms with van der Waals surface area (Å²) in [5.41, 5.74) is 4.42. The molecule has 0 saturated carbocycles. The average Bonchev–Trinajstić information content (AvgIpc) is 2.58. The molecule has 0 saturated heterocycles. The Morgan fingerprint density at radius 3 is 2.56 bits per heavy atom. The molecule has 0 fully saturated rings. The van der Waals surface area contributed by atoms with Crippen LogP contribution in [0.3, 0.4) is 0 Å². The highest BCUT2D eigenvalue weighted by Gasteiger charge is 2.38. The molecule has 1 rings (SSSR count). The Morgan fingerprint density at radius 2 is 2.06 bits per heavy atom.